The maximum absolute atomic E-state index is 6.20. The molecule has 3 rings (SSSR count). The van der Waals surface area contributed by atoms with Gasteiger partial charge in [-0.3, -0.25) is 4.90 Å². The van der Waals surface area contributed by atoms with E-state index in [0.717, 1.165) is 34.3 Å². The van der Waals surface area contributed by atoms with Gasteiger partial charge < -0.3 is 9.64 Å². The standard InChI is InChI=1S/C17H19ClN2O/c1-4-17(19(2)3)20-13-7-5-6-8-15(13)21-16-10-9-12(18)11-14(16)20/h5-11,17H,4H2,1-3H3. The predicted molar refractivity (Wildman–Crippen MR) is 87.9 cm³/mol. The molecule has 0 bridgehead atoms. The lowest BCUT2D eigenvalue weighted by molar-refractivity contribution is 0.285. The molecule has 1 atom stereocenters. The number of rotatable bonds is 3. The third-order valence-corrected chi connectivity index (χ3v) is 4.02. The number of halogens is 1. The zero-order valence-corrected chi connectivity index (χ0v) is 13.3. The second-order valence-electron chi connectivity index (χ2n) is 5.40. The average Bonchev–Trinajstić information content (AvgIpc) is 2.47. The summed E-state index contributed by atoms with van der Waals surface area (Å²) in [5.74, 6) is 1.73. The molecule has 0 aromatic heterocycles. The number of benzene rings is 2. The number of hydrogen-bond acceptors (Lipinski definition) is 3. The predicted octanol–water partition coefficient (Wildman–Crippen LogP) is 4.88. The van der Waals surface area contributed by atoms with Gasteiger partial charge in [-0.15, -0.1) is 0 Å². The highest BCUT2D eigenvalue weighted by Gasteiger charge is 2.30. The molecule has 0 saturated carbocycles. The third kappa shape index (κ3) is 2.47. The first-order chi connectivity index (χ1) is 10.1. The van der Waals surface area contributed by atoms with Crippen molar-refractivity contribution in [3.8, 4) is 11.5 Å². The van der Waals surface area contributed by atoms with E-state index in [4.69, 9.17) is 16.3 Å². The molecule has 3 nitrogen and oxygen atoms in total. The summed E-state index contributed by atoms with van der Waals surface area (Å²) in [6, 6.07) is 13.9. The van der Waals surface area contributed by atoms with Gasteiger partial charge in [0.1, 0.15) is 0 Å². The summed E-state index contributed by atoms with van der Waals surface area (Å²) in [6.45, 7) is 2.19. The summed E-state index contributed by atoms with van der Waals surface area (Å²) in [5, 5.41) is 0.718. The smallest absolute Gasteiger partial charge is 0.151 e. The van der Waals surface area contributed by atoms with Crippen LogP contribution in [0.3, 0.4) is 0 Å². The molecule has 0 radical (unpaired) electrons. The summed E-state index contributed by atoms with van der Waals surface area (Å²) in [6.07, 6.45) is 1.24. The lowest BCUT2D eigenvalue weighted by Gasteiger charge is -2.41. The number of nitrogens with zero attached hydrogens (tertiary/aromatic N) is 2. The van der Waals surface area contributed by atoms with Gasteiger partial charge in [0.15, 0.2) is 11.5 Å². The molecule has 1 aliphatic rings. The lowest BCUT2D eigenvalue weighted by atomic mass is 10.1. The lowest BCUT2D eigenvalue weighted by Crippen LogP contribution is -2.43. The van der Waals surface area contributed by atoms with Crippen LogP contribution in [0, 0.1) is 0 Å². The van der Waals surface area contributed by atoms with Gasteiger partial charge in [-0.05, 0) is 50.8 Å². The second-order valence-corrected chi connectivity index (χ2v) is 5.84. The van der Waals surface area contributed by atoms with Crippen LogP contribution in [0.2, 0.25) is 5.02 Å². The molecule has 0 spiro atoms. The molecule has 1 heterocycles. The summed E-state index contributed by atoms with van der Waals surface area (Å²) in [5.41, 5.74) is 2.09. The summed E-state index contributed by atoms with van der Waals surface area (Å²) in [7, 11) is 4.19. The van der Waals surface area contributed by atoms with Crippen molar-refractivity contribution in [2.75, 3.05) is 19.0 Å². The fourth-order valence-electron chi connectivity index (χ4n) is 2.86. The fraction of sp³-hybridized carbons (Fsp3) is 0.294. The minimum atomic E-state index is 0.243. The molecule has 0 N–H and O–H groups in total. The van der Waals surface area contributed by atoms with Gasteiger partial charge in [0.25, 0.3) is 0 Å². The molecule has 1 unspecified atom stereocenters. The number of anilines is 2. The zero-order valence-electron chi connectivity index (χ0n) is 12.5. The minimum Gasteiger partial charge on any atom is -0.453 e. The SMILES string of the molecule is CCC(N(C)C)N1c2ccccc2Oc2ccc(Cl)cc21. The Morgan fingerprint density at radius 3 is 2.52 bits per heavy atom. The van der Waals surface area contributed by atoms with Gasteiger partial charge in [-0.2, -0.15) is 0 Å². The summed E-state index contributed by atoms with van der Waals surface area (Å²) < 4.78 is 6.02. The van der Waals surface area contributed by atoms with Gasteiger partial charge >= 0.3 is 0 Å². The maximum Gasteiger partial charge on any atom is 0.151 e. The molecule has 1 aliphatic heterocycles. The minimum absolute atomic E-state index is 0.243. The Hall–Kier alpha value is -1.71. The van der Waals surface area contributed by atoms with Gasteiger partial charge in [0, 0.05) is 5.02 Å². The van der Waals surface area contributed by atoms with Gasteiger partial charge in [0.05, 0.1) is 17.5 Å². The number of para-hydroxylation sites is 2. The van der Waals surface area contributed by atoms with E-state index in [2.05, 4.69) is 36.9 Å². The van der Waals surface area contributed by atoms with E-state index in [-0.39, 0.29) is 6.17 Å². The number of fused-ring (bicyclic) bond motifs is 2. The third-order valence-electron chi connectivity index (χ3n) is 3.78. The maximum atomic E-state index is 6.20. The average molecular weight is 303 g/mol. The first kappa shape index (κ1) is 14.2. The highest BCUT2D eigenvalue weighted by atomic mass is 35.5. The summed E-state index contributed by atoms with van der Waals surface area (Å²) in [4.78, 5) is 4.52. The van der Waals surface area contributed by atoms with E-state index in [9.17, 15) is 0 Å². The van der Waals surface area contributed by atoms with E-state index < -0.39 is 0 Å². The fourth-order valence-corrected chi connectivity index (χ4v) is 3.02. The molecule has 21 heavy (non-hydrogen) atoms. The normalized spacial score (nSPS) is 14.4. The van der Waals surface area contributed by atoms with Crippen LogP contribution < -0.4 is 9.64 Å². The molecule has 0 amide bonds. The molecule has 0 saturated heterocycles. The van der Waals surface area contributed by atoms with Crippen molar-refractivity contribution in [3.63, 3.8) is 0 Å². The first-order valence-corrected chi connectivity index (χ1v) is 7.51. The monoisotopic (exact) mass is 302 g/mol. The number of ether oxygens (including phenoxy) is 1. The molecule has 0 aliphatic carbocycles. The molecular formula is C17H19ClN2O. The molecule has 110 valence electrons. The quantitative estimate of drug-likeness (QED) is 0.803. The molecule has 4 heteroatoms. The van der Waals surface area contributed by atoms with Crippen molar-refractivity contribution >= 4 is 23.0 Å². The Labute approximate surface area is 130 Å². The van der Waals surface area contributed by atoms with Crippen molar-refractivity contribution in [2.45, 2.75) is 19.5 Å². The van der Waals surface area contributed by atoms with E-state index in [1.54, 1.807) is 0 Å². The van der Waals surface area contributed by atoms with Crippen molar-refractivity contribution in [1.82, 2.24) is 4.90 Å². The Balaban J connectivity index is 2.19. The van der Waals surface area contributed by atoms with Crippen molar-refractivity contribution in [3.05, 3.63) is 47.5 Å². The van der Waals surface area contributed by atoms with Crippen LogP contribution in [0.4, 0.5) is 11.4 Å². The van der Waals surface area contributed by atoms with E-state index >= 15 is 0 Å². The topological polar surface area (TPSA) is 15.7 Å². The van der Waals surface area contributed by atoms with Gasteiger partial charge in [0.2, 0.25) is 0 Å². The van der Waals surface area contributed by atoms with E-state index in [1.807, 2.05) is 36.4 Å². The van der Waals surface area contributed by atoms with Crippen LogP contribution in [0.15, 0.2) is 42.5 Å². The highest BCUT2D eigenvalue weighted by Crippen LogP contribution is 2.48. The Morgan fingerprint density at radius 2 is 1.81 bits per heavy atom. The van der Waals surface area contributed by atoms with E-state index in [0.29, 0.717) is 0 Å². The second kappa shape index (κ2) is 5.58. The molecular weight excluding hydrogens is 284 g/mol. The van der Waals surface area contributed by atoms with Gasteiger partial charge in [-0.25, -0.2) is 0 Å². The van der Waals surface area contributed by atoms with E-state index in [1.165, 1.54) is 0 Å². The van der Waals surface area contributed by atoms with Crippen molar-refractivity contribution < 1.29 is 4.74 Å². The van der Waals surface area contributed by atoms with Crippen LogP contribution in [-0.2, 0) is 0 Å². The van der Waals surface area contributed by atoms with Crippen LogP contribution in [0.1, 0.15) is 13.3 Å². The Bertz CT molecular complexity index is 657. The summed E-state index contributed by atoms with van der Waals surface area (Å²) >= 11 is 6.20. The zero-order chi connectivity index (χ0) is 15.0. The number of hydrogen-bond donors (Lipinski definition) is 0. The Morgan fingerprint density at radius 1 is 1.10 bits per heavy atom. The Kier molecular flexibility index (Phi) is 3.79. The van der Waals surface area contributed by atoms with Crippen molar-refractivity contribution in [1.29, 1.82) is 0 Å². The van der Waals surface area contributed by atoms with Crippen LogP contribution in [-0.4, -0.2) is 25.2 Å². The largest absolute Gasteiger partial charge is 0.453 e. The van der Waals surface area contributed by atoms with Crippen molar-refractivity contribution in [2.24, 2.45) is 0 Å². The highest BCUT2D eigenvalue weighted by molar-refractivity contribution is 6.31. The molecule has 2 aromatic rings. The van der Waals surface area contributed by atoms with Crippen LogP contribution >= 0.6 is 11.6 Å². The van der Waals surface area contributed by atoms with Crippen LogP contribution in [0.25, 0.3) is 0 Å². The van der Waals surface area contributed by atoms with Gasteiger partial charge in [-0.1, -0.05) is 30.7 Å². The molecule has 0 fully saturated rings. The van der Waals surface area contributed by atoms with Crippen LogP contribution in [0.5, 0.6) is 11.5 Å². The first-order valence-electron chi connectivity index (χ1n) is 7.14. The molecule has 2 aromatic carbocycles.